The van der Waals surface area contributed by atoms with Crippen LogP contribution >= 0.6 is 0 Å². The summed E-state index contributed by atoms with van der Waals surface area (Å²) < 4.78 is 5.13. The second-order valence-electron chi connectivity index (χ2n) is 4.27. The van der Waals surface area contributed by atoms with E-state index in [2.05, 4.69) is 29.8 Å². The van der Waals surface area contributed by atoms with Crippen molar-refractivity contribution in [3.05, 3.63) is 23.4 Å². The van der Waals surface area contributed by atoms with Gasteiger partial charge < -0.3 is 4.74 Å². The first-order valence-electron chi connectivity index (χ1n) is 5.47. The summed E-state index contributed by atoms with van der Waals surface area (Å²) in [7, 11) is 1.66. The molecule has 2 rings (SSSR count). The molecule has 3 nitrogen and oxygen atoms in total. The van der Waals surface area contributed by atoms with Gasteiger partial charge in [-0.15, -0.1) is 0 Å². The quantitative estimate of drug-likeness (QED) is 0.738. The summed E-state index contributed by atoms with van der Waals surface area (Å²) in [6, 6.07) is 4.69. The molecule has 0 radical (unpaired) electrons. The fourth-order valence-electron chi connectivity index (χ4n) is 1.97. The Kier molecular flexibility index (Phi) is 2.91. The van der Waals surface area contributed by atoms with Gasteiger partial charge in [-0.05, 0) is 19.4 Å². The zero-order valence-corrected chi connectivity index (χ0v) is 9.66. The van der Waals surface area contributed by atoms with Gasteiger partial charge in [0, 0.05) is 31.6 Å². The summed E-state index contributed by atoms with van der Waals surface area (Å²) in [4.78, 5) is 6.95. The van der Waals surface area contributed by atoms with Crippen molar-refractivity contribution >= 4 is 0 Å². The molecule has 1 aromatic heterocycles. The number of aromatic nitrogens is 1. The van der Waals surface area contributed by atoms with Gasteiger partial charge in [-0.2, -0.15) is 0 Å². The maximum absolute atomic E-state index is 5.13. The molecule has 0 spiro atoms. The predicted molar refractivity (Wildman–Crippen MR) is 60.0 cm³/mol. The minimum atomic E-state index is 0.611. The Bertz CT molecular complexity index is 349. The summed E-state index contributed by atoms with van der Waals surface area (Å²) in [5, 5.41) is 0. The lowest BCUT2D eigenvalue weighted by Crippen LogP contribution is -2.36. The van der Waals surface area contributed by atoms with E-state index in [1.807, 2.05) is 6.07 Å². The van der Waals surface area contributed by atoms with E-state index < -0.39 is 0 Å². The van der Waals surface area contributed by atoms with E-state index in [1.54, 1.807) is 7.11 Å². The van der Waals surface area contributed by atoms with Crippen molar-refractivity contribution in [3.63, 3.8) is 0 Å². The van der Waals surface area contributed by atoms with Crippen LogP contribution in [0.2, 0.25) is 0 Å². The second-order valence-corrected chi connectivity index (χ2v) is 4.27. The molecule has 15 heavy (non-hydrogen) atoms. The first kappa shape index (κ1) is 10.4. The third kappa shape index (κ3) is 2.12. The largest absolute Gasteiger partial charge is 0.481 e. The molecular weight excluding hydrogens is 188 g/mol. The summed E-state index contributed by atoms with van der Waals surface area (Å²) in [6.45, 7) is 6.60. The van der Waals surface area contributed by atoms with Crippen LogP contribution in [-0.2, 0) is 13.0 Å². The van der Waals surface area contributed by atoms with Crippen LogP contribution in [0.4, 0.5) is 0 Å². The van der Waals surface area contributed by atoms with Gasteiger partial charge in [0.05, 0.1) is 12.8 Å². The lowest BCUT2D eigenvalue weighted by molar-refractivity contribution is 0.201. The lowest BCUT2D eigenvalue weighted by atomic mass is 10.0. The number of methoxy groups -OCH3 is 1. The zero-order valence-electron chi connectivity index (χ0n) is 9.66. The van der Waals surface area contributed by atoms with Crippen LogP contribution in [0.15, 0.2) is 12.1 Å². The molecule has 0 aliphatic carbocycles. The molecule has 1 aliphatic heterocycles. The molecule has 0 saturated carbocycles. The van der Waals surface area contributed by atoms with Crippen molar-refractivity contribution in [1.82, 2.24) is 9.88 Å². The molecular formula is C12H18N2O. The van der Waals surface area contributed by atoms with Crippen LogP contribution in [0.5, 0.6) is 5.88 Å². The Morgan fingerprint density at radius 3 is 2.87 bits per heavy atom. The number of fused-ring (bicyclic) bond motifs is 1. The highest BCUT2D eigenvalue weighted by atomic mass is 16.5. The molecule has 3 heteroatoms. The SMILES string of the molecule is COc1ccc2c(n1)CCN(C(C)C)C2. The molecule has 0 saturated heterocycles. The minimum Gasteiger partial charge on any atom is -0.481 e. The first-order valence-corrected chi connectivity index (χ1v) is 5.47. The van der Waals surface area contributed by atoms with E-state index in [1.165, 1.54) is 11.3 Å². The Hall–Kier alpha value is -1.09. The highest BCUT2D eigenvalue weighted by Crippen LogP contribution is 2.21. The van der Waals surface area contributed by atoms with Gasteiger partial charge in [-0.25, -0.2) is 4.98 Å². The molecule has 2 heterocycles. The van der Waals surface area contributed by atoms with E-state index in [4.69, 9.17) is 4.74 Å². The van der Waals surface area contributed by atoms with Gasteiger partial charge in [0.15, 0.2) is 0 Å². The molecule has 0 amide bonds. The number of nitrogens with zero attached hydrogens (tertiary/aromatic N) is 2. The minimum absolute atomic E-state index is 0.611. The van der Waals surface area contributed by atoms with Crippen LogP contribution in [0.3, 0.4) is 0 Å². The maximum atomic E-state index is 5.13. The van der Waals surface area contributed by atoms with Gasteiger partial charge in [0.25, 0.3) is 0 Å². The summed E-state index contributed by atoms with van der Waals surface area (Å²) in [6.07, 6.45) is 1.03. The number of rotatable bonds is 2. The van der Waals surface area contributed by atoms with Crippen LogP contribution in [-0.4, -0.2) is 29.6 Å². The highest BCUT2D eigenvalue weighted by molar-refractivity contribution is 5.27. The van der Waals surface area contributed by atoms with Gasteiger partial charge in [-0.3, -0.25) is 4.90 Å². The number of hydrogen-bond donors (Lipinski definition) is 0. The Balaban J connectivity index is 2.21. The fraction of sp³-hybridized carbons (Fsp3) is 0.583. The van der Waals surface area contributed by atoms with Crippen LogP contribution in [0.1, 0.15) is 25.1 Å². The van der Waals surface area contributed by atoms with Gasteiger partial charge in [0.2, 0.25) is 5.88 Å². The Morgan fingerprint density at radius 2 is 2.20 bits per heavy atom. The number of pyridine rings is 1. The monoisotopic (exact) mass is 206 g/mol. The smallest absolute Gasteiger partial charge is 0.213 e. The molecule has 0 atom stereocenters. The fourth-order valence-corrected chi connectivity index (χ4v) is 1.97. The van der Waals surface area contributed by atoms with Gasteiger partial charge >= 0.3 is 0 Å². The lowest BCUT2D eigenvalue weighted by Gasteiger charge is -2.31. The maximum Gasteiger partial charge on any atom is 0.213 e. The summed E-state index contributed by atoms with van der Waals surface area (Å²) in [5.74, 6) is 0.728. The summed E-state index contributed by atoms with van der Waals surface area (Å²) >= 11 is 0. The van der Waals surface area contributed by atoms with Crippen molar-refractivity contribution in [3.8, 4) is 5.88 Å². The van der Waals surface area contributed by atoms with Crippen molar-refractivity contribution in [2.24, 2.45) is 0 Å². The second kappa shape index (κ2) is 4.19. The van der Waals surface area contributed by atoms with Crippen LogP contribution in [0.25, 0.3) is 0 Å². The van der Waals surface area contributed by atoms with Gasteiger partial charge in [-0.1, -0.05) is 6.07 Å². The Morgan fingerprint density at radius 1 is 1.40 bits per heavy atom. The molecule has 0 fully saturated rings. The molecule has 0 bridgehead atoms. The first-order chi connectivity index (χ1) is 7.20. The van der Waals surface area contributed by atoms with E-state index in [0.29, 0.717) is 6.04 Å². The van der Waals surface area contributed by atoms with Crippen molar-refractivity contribution < 1.29 is 4.74 Å². The standard InChI is InChI=1S/C12H18N2O/c1-9(2)14-7-6-11-10(8-14)4-5-12(13-11)15-3/h4-5,9H,6-8H2,1-3H3. The van der Waals surface area contributed by atoms with E-state index in [-0.39, 0.29) is 0 Å². The van der Waals surface area contributed by atoms with E-state index in [9.17, 15) is 0 Å². The molecule has 0 N–H and O–H groups in total. The number of hydrogen-bond acceptors (Lipinski definition) is 3. The average molecular weight is 206 g/mol. The van der Waals surface area contributed by atoms with E-state index >= 15 is 0 Å². The number of ether oxygens (including phenoxy) is 1. The zero-order chi connectivity index (χ0) is 10.8. The van der Waals surface area contributed by atoms with Crippen LogP contribution < -0.4 is 4.74 Å². The summed E-state index contributed by atoms with van der Waals surface area (Å²) in [5.41, 5.74) is 2.54. The normalized spacial score (nSPS) is 16.5. The van der Waals surface area contributed by atoms with Crippen molar-refractivity contribution in [2.75, 3.05) is 13.7 Å². The van der Waals surface area contributed by atoms with E-state index in [0.717, 1.165) is 25.4 Å². The van der Waals surface area contributed by atoms with Gasteiger partial charge in [0.1, 0.15) is 0 Å². The molecule has 0 unspecified atom stereocenters. The van der Waals surface area contributed by atoms with Crippen molar-refractivity contribution in [1.29, 1.82) is 0 Å². The molecule has 82 valence electrons. The Labute approximate surface area is 91.1 Å². The molecule has 1 aromatic rings. The highest BCUT2D eigenvalue weighted by Gasteiger charge is 2.19. The topological polar surface area (TPSA) is 25.4 Å². The third-order valence-electron chi connectivity index (χ3n) is 2.99. The predicted octanol–water partition coefficient (Wildman–Crippen LogP) is 1.86. The molecule has 0 aromatic carbocycles. The molecule has 1 aliphatic rings. The van der Waals surface area contributed by atoms with Crippen LogP contribution in [0, 0.1) is 0 Å². The third-order valence-corrected chi connectivity index (χ3v) is 2.99. The van der Waals surface area contributed by atoms with Crippen molar-refractivity contribution in [2.45, 2.75) is 32.9 Å². The average Bonchev–Trinajstić information content (AvgIpc) is 2.27.